The first-order chi connectivity index (χ1) is 16.8. The van der Waals surface area contributed by atoms with Crippen LogP contribution in [0.5, 0.6) is 0 Å². The topological polar surface area (TPSA) is 49.4 Å². The highest BCUT2D eigenvalue weighted by atomic mass is 79.9. The number of nitrogens with one attached hydrogen (secondary N) is 1. The van der Waals surface area contributed by atoms with E-state index in [1.165, 1.54) is 0 Å². The van der Waals surface area contributed by atoms with Gasteiger partial charge in [0.1, 0.15) is 6.04 Å². The molecule has 7 heteroatoms. The van der Waals surface area contributed by atoms with E-state index in [2.05, 4.69) is 21.2 Å². The van der Waals surface area contributed by atoms with Gasteiger partial charge >= 0.3 is 0 Å². The minimum absolute atomic E-state index is 0.00554. The maximum absolute atomic E-state index is 13.8. The van der Waals surface area contributed by atoms with Crippen LogP contribution in [-0.2, 0) is 29.0 Å². The van der Waals surface area contributed by atoms with Gasteiger partial charge in [0.25, 0.3) is 0 Å². The lowest BCUT2D eigenvalue weighted by Gasteiger charge is -2.32. The number of amides is 2. The summed E-state index contributed by atoms with van der Waals surface area (Å²) in [6.45, 7) is 4.24. The Bertz CT molecular complexity index is 1140. The van der Waals surface area contributed by atoms with E-state index < -0.39 is 6.04 Å². The third-order valence-corrected chi connectivity index (χ3v) is 7.11. The molecule has 0 heterocycles. The summed E-state index contributed by atoms with van der Waals surface area (Å²) in [5.41, 5.74) is 2.44. The molecular weight excluding hydrogens is 547 g/mol. The maximum Gasteiger partial charge on any atom is 0.243 e. The smallest absolute Gasteiger partial charge is 0.243 e. The summed E-state index contributed by atoms with van der Waals surface area (Å²) >= 11 is 16.3. The molecule has 2 atom stereocenters. The lowest BCUT2D eigenvalue weighted by Crippen LogP contribution is -2.52. The second kappa shape index (κ2) is 13.1. The van der Waals surface area contributed by atoms with Crippen molar-refractivity contribution in [2.75, 3.05) is 0 Å². The maximum atomic E-state index is 13.8. The molecule has 0 unspecified atom stereocenters. The second-order valence-corrected chi connectivity index (χ2v) is 10.3. The zero-order valence-electron chi connectivity index (χ0n) is 19.8. The Morgan fingerprint density at radius 1 is 0.943 bits per heavy atom. The van der Waals surface area contributed by atoms with Crippen LogP contribution >= 0.6 is 39.1 Å². The van der Waals surface area contributed by atoms with Crippen LogP contribution in [0.2, 0.25) is 10.0 Å². The standard InChI is InChI=1S/C28H29BrCl2N2O2/c1-3-19(2)32-28(35)26(16-20-9-5-4-6-10-20)33(18-21-11-7-12-22(29)15-21)27(34)17-23-24(30)13-8-14-25(23)31/h4-15,19,26H,3,16-18H2,1-2H3,(H,32,35)/t19-,26-/m1/s1. The molecule has 4 nitrogen and oxygen atoms in total. The van der Waals surface area contributed by atoms with Crippen molar-refractivity contribution in [2.24, 2.45) is 0 Å². The predicted octanol–water partition coefficient (Wildman–Crippen LogP) is 6.85. The van der Waals surface area contributed by atoms with Crippen LogP contribution in [-0.4, -0.2) is 28.8 Å². The van der Waals surface area contributed by atoms with Gasteiger partial charge in [-0.05, 0) is 54.3 Å². The van der Waals surface area contributed by atoms with Gasteiger partial charge in [-0.3, -0.25) is 9.59 Å². The van der Waals surface area contributed by atoms with Crippen molar-refractivity contribution in [3.8, 4) is 0 Å². The highest BCUT2D eigenvalue weighted by molar-refractivity contribution is 9.10. The van der Waals surface area contributed by atoms with E-state index in [4.69, 9.17) is 23.2 Å². The summed E-state index contributed by atoms with van der Waals surface area (Å²) in [6, 6.07) is 21.9. The van der Waals surface area contributed by atoms with E-state index in [1.807, 2.05) is 68.4 Å². The molecular formula is C28H29BrCl2N2O2. The van der Waals surface area contributed by atoms with Crippen LogP contribution in [0.25, 0.3) is 0 Å². The minimum Gasteiger partial charge on any atom is -0.352 e. The summed E-state index contributed by atoms with van der Waals surface area (Å²) in [5, 5.41) is 3.93. The van der Waals surface area contributed by atoms with Gasteiger partial charge in [-0.25, -0.2) is 0 Å². The Balaban J connectivity index is 2.01. The first-order valence-electron chi connectivity index (χ1n) is 11.6. The summed E-state index contributed by atoms with van der Waals surface area (Å²) in [7, 11) is 0. The fraction of sp³-hybridized carbons (Fsp3) is 0.286. The molecule has 184 valence electrons. The third kappa shape index (κ3) is 7.83. The van der Waals surface area contributed by atoms with Crippen LogP contribution < -0.4 is 5.32 Å². The van der Waals surface area contributed by atoms with Gasteiger partial charge < -0.3 is 10.2 Å². The van der Waals surface area contributed by atoms with Gasteiger partial charge in [0, 0.05) is 33.5 Å². The monoisotopic (exact) mass is 574 g/mol. The summed E-state index contributed by atoms with van der Waals surface area (Å²) in [6.07, 6.45) is 1.17. The van der Waals surface area contributed by atoms with Crippen molar-refractivity contribution < 1.29 is 9.59 Å². The Labute approximate surface area is 225 Å². The summed E-state index contributed by atoms with van der Waals surface area (Å²) in [5.74, 6) is -0.406. The Morgan fingerprint density at radius 3 is 2.20 bits per heavy atom. The molecule has 3 aromatic carbocycles. The fourth-order valence-electron chi connectivity index (χ4n) is 3.78. The quantitative estimate of drug-likeness (QED) is 0.287. The highest BCUT2D eigenvalue weighted by Gasteiger charge is 2.31. The van der Waals surface area contributed by atoms with Crippen molar-refractivity contribution in [1.82, 2.24) is 10.2 Å². The van der Waals surface area contributed by atoms with E-state index in [1.54, 1.807) is 23.1 Å². The Morgan fingerprint density at radius 2 is 1.57 bits per heavy atom. The lowest BCUT2D eigenvalue weighted by atomic mass is 10.0. The molecule has 0 saturated heterocycles. The van der Waals surface area contributed by atoms with Crippen molar-refractivity contribution >= 4 is 50.9 Å². The van der Waals surface area contributed by atoms with E-state index in [9.17, 15) is 9.59 Å². The van der Waals surface area contributed by atoms with E-state index in [-0.39, 0.29) is 30.8 Å². The van der Waals surface area contributed by atoms with Crippen LogP contribution in [0.15, 0.2) is 77.3 Å². The molecule has 1 N–H and O–H groups in total. The predicted molar refractivity (Wildman–Crippen MR) is 147 cm³/mol. The summed E-state index contributed by atoms with van der Waals surface area (Å²) in [4.78, 5) is 29.0. The average Bonchev–Trinajstić information content (AvgIpc) is 2.84. The van der Waals surface area contributed by atoms with Gasteiger partial charge in [0.2, 0.25) is 11.8 Å². The van der Waals surface area contributed by atoms with E-state index >= 15 is 0 Å². The molecule has 0 aliphatic rings. The molecule has 0 aliphatic carbocycles. The van der Waals surface area contributed by atoms with Crippen LogP contribution in [0.1, 0.15) is 37.0 Å². The van der Waals surface area contributed by atoms with Gasteiger partial charge in [-0.1, -0.05) is 94.6 Å². The number of rotatable bonds is 10. The van der Waals surface area contributed by atoms with Crippen molar-refractivity contribution in [2.45, 2.75) is 51.7 Å². The number of hydrogen-bond donors (Lipinski definition) is 1. The molecule has 35 heavy (non-hydrogen) atoms. The average molecular weight is 576 g/mol. The number of hydrogen-bond acceptors (Lipinski definition) is 2. The van der Waals surface area contributed by atoms with Crippen molar-refractivity contribution in [3.05, 3.63) is 104 Å². The molecule has 0 saturated carbocycles. The molecule has 0 spiro atoms. The number of halogens is 3. The van der Waals surface area contributed by atoms with E-state index in [0.29, 0.717) is 22.0 Å². The first-order valence-corrected chi connectivity index (χ1v) is 13.1. The molecule has 0 aliphatic heterocycles. The van der Waals surface area contributed by atoms with Crippen LogP contribution in [0.3, 0.4) is 0 Å². The van der Waals surface area contributed by atoms with Gasteiger partial charge in [-0.15, -0.1) is 0 Å². The Kier molecular flexibility index (Phi) is 10.2. The SMILES string of the molecule is CC[C@@H](C)NC(=O)[C@@H](Cc1ccccc1)N(Cc1cccc(Br)c1)C(=O)Cc1c(Cl)cccc1Cl. The van der Waals surface area contributed by atoms with Gasteiger partial charge in [0.05, 0.1) is 6.42 Å². The Hall–Kier alpha value is -2.34. The van der Waals surface area contributed by atoms with Gasteiger partial charge in [-0.2, -0.15) is 0 Å². The summed E-state index contributed by atoms with van der Waals surface area (Å²) < 4.78 is 0.903. The molecule has 0 aromatic heterocycles. The zero-order chi connectivity index (χ0) is 25.4. The van der Waals surface area contributed by atoms with Gasteiger partial charge in [0.15, 0.2) is 0 Å². The van der Waals surface area contributed by atoms with Crippen LogP contribution in [0.4, 0.5) is 0 Å². The molecule has 0 radical (unpaired) electrons. The van der Waals surface area contributed by atoms with E-state index in [0.717, 1.165) is 22.0 Å². The number of benzene rings is 3. The van der Waals surface area contributed by atoms with Crippen molar-refractivity contribution in [3.63, 3.8) is 0 Å². The van der Waals surface area contributed by atoms with Crippen LogP contribution in [0, 0.1) is 0 Å². The first kappa shape index (κ1) is 27.3. The number of carbonyl (C=O) groups is 2. The zero-order valence-corrected chi connectivity index (χ0v) is 22.9. The number of nitrogens with zero attached hydrogens (tertiary/aromatic N) is 1. The molecule has 2 amide bonds. The third-order valence-electron chi connectivity index (χ3n) is 5.90. The van der Waals surface area contributed by atoms with Crippen molar-refractivity contribution in [1.29, 1.82) is 0 Å². The minimum atomic E-state index is -0.709. The second-order valence-electron chi connectivity index (χ2n) is 8.55. The molecule has 0 bridgehead atoms. The molecule has 0 fully saturated rings. The normalized spacial score (nSPS) is 12.6. The molecule has 3 aromatic rings. The largest absolute Gasteiger partial charge is 0.352 e. The fourth-order valence-corrected chi connectivity index (χ4v) is 4.76. The molecule has 3 rings (SSSR count). The number of carbonyl (C=O) groups excluding carboxylic acids is 2. The lowest BCUT2D eigenvalue weighted by molar-refractivity contribution is -0.141. The highest BCUT2D eigenvalue weighted by Crippen LogP contribution is 2.26.